The van der Waals surface area contributed by atoms with E-state index in [9.17, 15) is 4.79 Å². The van der Waals surface area contributed by atoms with Gasteiger partial charge in [-0.25, -0.2) is 0 Å². The lowest BCUT2D eigenvalue weighted by molar-refractivity contribution is -0.126. The fourth-order valence-corrected chi connectivity index (χ4v) is 3.97. The molecule has 4 nitrogen and oxygen atoms in total. The Bertz CT molecular complexity index is 671. The lowest BCUT2D eigenvalue weighted by atomic mass is 10.1. The maximum Gasteiger partial charge on any atom is 0.237 e. The van der Waals surface area contributed by atoms with Crippen molar-refractivity contribution in [1.29, 1.82) is 0 Å². The Labute approximate surface area is 153 Å². The number of hydrogen-bond donors (Lipinski definition) is 1. The van der Waals surface area contributed by atoms with Crippen molar-refractivity contribution in [3.05, 3.63) is 52.2 Å². The zero-order chi connectivity index (χ0) is 17.5. The van der Waals surface area contributed by atoms with Crippen molar-refractivity contribution in [3.63, 3.8) is 0 Å². The molecule has 3 rings (SSSR count). The fraction of sp³-hybridized carbons (Fsp3) is 0.450. The first-order chi connectivity index (χ1) is 12.2. The average Bonchev–Trinajstić information content (AvgIpc) is 2.98. The second kappa shape index (κ2) is 9.02. The van der Waals surface area contributed by atoms with Gasteiger partial charge in [0.15, 0.2) is 0 Å². The summed E-state index contributed by atoms with van der Waals surface area (Å²) in [5, 5.41) is 5.20. The second-order valence-corrected chi connectivity index (χ2v) is 7.58. The van der Waals surface area contributed by atoms with Gasteiger partial charge < -0.3 is 10.1 Å². The highest BCUT2D eigenvalue weighted by molar-refractivity contribution is 7.10. The third-order valence-electron chi connectivity index (χ3n) is 4.62. The van der Waals surface area contributed by atoms with Crippen molar-refractivity contribution in [3.8, 4) is 5.75 Å². The van der Waals surface area contributed by atoms with E-state index in [0.717, 1.165) is 35.6 Å². The van der Waals surface area contributed by atoms with Gasteiger partial charge in [0.1, 0.15) is 12.4 Å². The van der Waals surface area contributed by atoms with Crippen molar-refractivity contribution in [1.82, 2.24) is 10.2 Å². The first-order valence-corrected chi connectivity index (χ1v) is 9.82. The minimum absolute atomic E-state index is 0.0170. The second-order valence-electron chi connectivity index (χ2n) is 6.59. The summed E-state index contributed by atoms with van der Waals surface area (Å²) in [6.07, 6.45) is 4.52. The summed E-state index contributed by atoms with van der Waals surface area (Å²) in [5.41, 5.74) is 1.14. The summed E-state index contributed by atoms with van der Waals surface area (Å²) in [6, 6.07) is 12.0. The molecule has 1 atom stereocenters. The van der Waals surface area contributed by atoms with Crippen LogP contribution in [-0.4, -0.2) is 30.4 Å². The van der Waals surface area contributed by atoms with Crippen LogP contribution in [0.3, 0.4) is 0 Å². The van der Waals surface area contributed by atoms with Crippen molar-refractivity contribution in [2.45, 2.75) is 44.9 Å². The number of ether oxygens (including phenoxy) is 1. The molecule has 1 fully saturated rings. The van der Waals surface area contributed by atoms with Crippen molar-refractivity contribution < 1.29 is 9.53 Å². The maximum atomic E-state index is 12.5. The number of rotatable bonds is 6. The van der Waals surface area contributed by atoms with Crippen LogP contribution in [0.4, 0.5) is 0 Å². The fourth-order valence-electron chi connectivity index (χ4n) is 3.15. The molecule has 0 radical (unpaired) electrons. The minimum Gasteiger partial charge on any atom is -0.489 e. The summed E-state index contributed by atoms with van der Waals surface area (Å²) >= 11 is 1.67. The Morgan fingerprint density at radius 3 is 2.96 bits per heavy atom. The third-order valence-corrected chi connectivity index (χ3v) is 5.60. The standard InChI is InChI=1S/C20H26N2O2S/c1-22-11-7-3-6-10-19(22)20(23)21-13-18-12-16(15-25-18)14-24-17-8-4-2-5-9-17/h2,4-5,8-9,12,15,19H,3,6-7,10-11,13-14H2,1H3,(H,21,23). The van der Waals surface area contributed by atoms with E-state index in [4.69, 9.17) is 4.74 Å². The van der Waals surface area contributed by atoms with Crippen LogP contribution >= 0.6 is 11.3 Å². The van der Waals surface area contributed by atoms with Gasteiger partial charge in [0, 0.05) is 10.4 Å². The highest BCUT2D eigenvalue weighted by atomic mass is 32.1. The molecule has 0 aliphatic carbocycles. The molecule has 2 heterocycles. The molecule has 0 spiro atoms. The highest BCUT2D eigenvalue weighted by Crippen LogP contribution is 2.19. The van der Waals surface area contributed by atoms with Gasteiger partial charge in [0.25, 0.3) is 0 Å². The number of likely N-dealkylation sites (tertiary alicyclic amines) is 1. The molecule has 0 bridgehead atoms. The SMILES string of the molecule is CN1CCCCCC1C(=O)NCc1cc(COc2ccccc2)cs1. The van der Waals surface area contributed by atoms with Gasteiger partial charge in [0.05, 0.1) is 12.6 Å². The summed E-state index contributed by atoms with van der Waals surface area (Å²) in [5.74, 6) is 1.03. The molecule has 0 saturated carbocycles. The van der Waals surface area contributed by atoms with E-state index in [2.05, 4.69) is 28.7 Å². The molecule has 25 heavy (non-hydrogen) atoms. The van der Waals surface area contributed by atoms with Gasteiger partial charge in [-0.15, -0.1) is 11.3 Å². The van der Waals surface area contributed by atoms with Crippen LogP contribution < -0.4 is 10.1 Å². The van der Waals surface area contributed by atoms with Crippen LogP contribution in [0.1, 0.15) is 36.1 Å². The predicted molar refractivity (Wildman–Crippen MR) is 102 cm³/mol. The Hall–Kier alpha value is -1.85. The molecule has 1 aliphatic rings. The summed E-state index contributed by atoms with van der Waals surface area (Å²) in [7, 11) is 2.06. The molecule has 1 N–H and O–H groups in total. The topological polar surface area (TPSA) is 41.6 Å². The number of benzene rings is 1. The van der Waals surface area contributed by atoms with E-state index in [1.54, 1.807) is 11.3 Å². The molecular weight excluding hydrogens is 332 g/mol. The zero-order valence-corrected chi connectivity index (χ0v) is 15.6. The number of carbonyl (C=O) groups excluding carboxylic acids is 1. The molecule has 1 aromatic heterocycles. The summed E-state index contributed by atoms with van der Waals surface area (Å²) < 4.78 is 5.77. The smallest absolute Gasteiger partial charge is 0.237 e. The molecule has 1 unspecified atom stereocenters. The van der Waals surface area contributed by atoms with E-state index in [1.165, 1.54) is 12.8 Å². The minimum atomic E-state index is 0.0170. The number of nitrogens with one attached hydrogen (secondary N) is 1. The first kappa shape index (κ1) is 18.0. The van der Waals surface area contributed by atoms with E-state index < -0.39 is 0 Å². The van der Waals surface area contributed by atoms with Gasteiger partial charge >= 0.3 is 0 Å². The van der Waals surface area contributed by atoms with E-state index in [-0.39, 0.29) is 11.9 Å². The molecule has 1 saturated heterocycles. The summed E-state index contributed by atoms with van der Waals surface area (Å²) in [6.45, 7) is 2.16. The van der Waals surface area contributed by atoms with E-state index in [0.29, 0.717) is 13.2 Å². The molecule has 1 amide bonds. The Kier molecular flexibility index (Phi) is 6.48. The normalized spacial score (nSPS) is 18.5. The number of amides is 1. The average molecular weight is 359 g/mol. The predicted octanol–water partition coefficient (Wildman–Crippen LogP) is 3.82. The monoisotopic (exact) mass is 358 g/mol. The Balaban J connectivity index is 1.47. The number of nitrogens with zero attached hydrogens (tertiary/aromatic N) is 1. The van der Waals surface area contributed by atoms with Crippen LogP contribution in [-0.2, 0) is 17.9 Å². The Morgan fingerprint density at radius 1 is 1.28 bits per heavy atom. The highest BCUT2D eigenvalue weighted by Gasteiger charge is 2.24. The number of hydrogen-bond acceptors (Lipinski definition) is 4. The van der Waals surface area contributed by atoms with Gasteiger partial charge in [-0.1, -0.05) is 31.0 Å². The van der Waals surface area contributed by atoms with Crippen LogP contribution in [0.5, 0.6) is 5.75 Å². The number of thiophene rings is 1. The quantitative estimate of drug-likeness (QED) is 0.853. The van der Waals surface area contributed by atoms with Crippen LogP contribution in [0.25, 0.3) is 0 Å². The largest absolute Gasteiger partial charge is 0.489 e. The molecule has 1 aliphatic heterocycles. The van der Waals surface area contributed by atoms with Crippen molar-refractivity contribution in [2.24, 2.45) is 0 Å². The van der Waals surface area contributed by atoms with Gasteiger partial charge in [-0.2, -0.15) is 0 Å². The number of carbonyl (C=O) groups is 1. The zero-order valence-electron chi connectivity index (χ0n) is 14.7. The molecule has 5 heteroatoms. The lowest BCUT2D eigenvalue weighted by Gasteiger charge is -2.24. The molecular formula is C20H26N2O2S. The van der Waals surface area contributed by atoms with Crippen molar-refractivity contribution in [2.75, 3.05) is 13.6 Å². The van der Waals surface area contributed by atoms with E-state index in [1.807, 2.05) is 30.3 Å². The Morgan fingerprint density at radius 2 is 2.12 bits per heavy atom. The number of para-hydroxylation sites is 1. The van der Waals surface area contributed by atoms with Gasteiger partial charge in [-0.3, -0.25) is 9.69 Å². The van der Waals surface area contributed by atoms with Crippen molar-refractivity contribution >= 4 is 17.2 Å². The summed E-state index contributed by atoms with van der Waals surface area (Å²) in [4.78, 5) is 15.8. The first-order valence-electron chi connectivity index (χ1n) is 8.94. The third kappa shape index (κ3) is 5.31. The van der Waals surface area contributed by atoms with Crippen LogP contribution in [0.2, 0.25) is 0 Å². The maximum absolute atomic E-state index is 12.5. The van der Waals surface area contributed by atoms with Crippen LogP contribution in [0.15, 0.2) is 41.8 Å². The molecule has 134 valence electrons. The molecule has 1 aromatic carbocycles. The van der Waals surface area contributed by atoms with Gasteiger partial charge in [0.2, 0.25) is 5.91 Å². The van der Waals surface area contributed by atoms with E-state index >= 15 is 0 Å². The van der Waals surface area contributed by atoms with Gasteiger partial charge in [-0.05, 0) is 50.0 Å². The molecule has 2 aromatic rings. The van der Waals surface area contributed by atoms with Crippen LogP contribution in [0, 0.1) is 0 Å². The number of likely N-dealkylation sites (N-methyl/N-ethyl adjacent to an activating group) is 1. The lowest BCUT2D eigenvalue weighted by Crippen LogP contribution is -2.44.